The Bertz CT molecular complexity index is 1030. The number of rotatable bonds is 8. The van der Waals surface area contributed by atoms with E-state index < -0.39 is 0 Å². The zero-order valence-corrected chi connectivity index (χ0v) is 15.9. The van der Waals surface area contributed by atoms with Gasteiger partial charge in [-0.2, -0.15) is 0 Å². The van der Waals surface area contributed by atoms with Gasteiger partial charge < -0.3 is 9.30 Å². The van der Waals surface area contributed by atoms with Crippen LogP contribution in [0.3, 0.4) is 0 Å². The predicted octanol–water partition coefficient (Wildman–Crippen LogP) is 6.00. The van der Waals surface area contributed by atoms with Crippen LogP contribution in [0, 0.1) is 0 Å². The first-order chi connectivity index (χ1) is 13.3. The Hall–Kier alpha value is -2.81. The molecule has 0 unspecified atom stereocenters. The molecule has 3 nitrogen and oxygen atoms in total. The van der Waals surface area contributed by atoms with Crippen LogP contribution in [0.1, 0.15) is 32.0 Å². The van der Waals surface area contributed by atoms with Crippen LogP contribution < -0.4 is 4.74 Å². The lowest BCUT2D eigenvalue weighted by Crippen LogP contribution is -2.08. The summed E-state index contributed by atoms with van der Waals surface area (Å²) in [5.41, 5.74) is 2.33. The molecule has 0 atom stereocenters. The Morgan fingerprint density at radius 1 is 0.889 bits per heavy atom. The van der Waals surface area contributed by atoms with E-state index in [1.807, 2.05) is 0 Å². The number of fused-ring (bicyclic) bond motifs is 2. The number of ether oxygens (including phenoxy) is 1. The number of benzene rings is 3. The molecule has 138 valence electrons. The molecule has 0 spiro atoms. The number of aromatic nitrogens is 2. The minimum absolute atomic E-state index is 0.706. The van der Waals surface area contributed by atoms with Crippen molar-refractivity contribution < 1.29 is 4.74 Å². The fraction of sp³-hybridized carbons (Fsp3) is 0.292. The third-order valence-corrected chi connectivity index (χ3v) is 5.00. The quantitative estimate of drug-likeness (QED) is 0.361. The van der Waals surface area contributed by atoms with Crippen LogP contribution in [0.25, 0.3) is 21.8 Å². The van der Waals surface area contributed by atoms with Gasteiger partial charge in [0.05, 0.1) is 17.6 Å². The second-order valence-electron chi connectivity index (χ2n) is 6.98. The van der Waals surface area contributed by atoms with Gasteiger partial charge in [0, 0.05) is 13.0 Å². The molecular weight excluding hydrogens is 332 g/mol. The van der Waals surface area contributed by atoms with Gasteiger partial charge in [-0.05, 0) is 47.9 Å². The van der Waals surface area contributed by atoms with E-state index in [4.69, 9.17) is 9.72 Å². The minimum atomic E-state index is 0.706. The van der Waals surface area contributed by atoms with Gasteiger partial charge in [0.25, 0.3) is 0 Å². The van der Waals surface area contributed by atoms with Crippen molar-refractivity contribution in [3.05, 3.63) is 72.6 Å². The summed E-state index contributed by atoms with van der Waals surface area (Å²) in [5, 5.41) is 2.47. The van der Waals surface area contributed by atoms with Crippen molar-refractivity contribution in [1.29, 1.82) is 0 Å². The summed E-state index contributed by atoms with van der Waals surface area (Å²) < 4.78 is 8.38. The van der Waals surface area contributed by atoms with E-state index in [0.29, 0.717) is 6.61 Å². The van der Waals surface area contributed by atoms with Crippen LogP contribution in [0.2, 0.25) is 0 Å². The van der Waals surface area contributed by atoms with E-state index in [0.717, 1.165) is 30.7 Å². The first-order valence-corrected chi connectivity index (χ1v) is 9.91. The van der Waals surface area contributed by atoms with E-state index in [2.05, 4.69) is 78.2 Å². The molecule has 0 N–H and O–H groups in total. The van der Waals surface area contributed by atoms with Crippen LogP contribution in [0.4, 0.5) is 0 Å². The maximum atomic E-state index is 6.01. The zero-order chi connectivity index (χ0) is 18.5. The molecule has 0 fully saturated rings. The van der Waals surface area contributed by atoms with Crippen molar-refractivity contribution in [2.75, 3.05) is 6.61 Å². The highest BCUT2D eigenvalue weighted by atomic mass is 16.5. The fourth-order valence-electron chi connectivity index (χ4n) is 3.57. The fourth-order valence-corrected chi connectivity index (χ4v) is 3.57. The zero-order valence-electron chi connectivity index (χ0n) is 15.9. The topological polar surface area (TPSA) is 27.1 Å². The highest BCUT2D eigenvalue weighted by molar-refractivity contribution is 5.83. The van der Waals surface area contributed by atoms with Crippen molar-refractivity contribution in [2.45, 2.75) is 39.2 Å². The van der Waals surface area contributed by atoms with Crippen LogP contribution in [-0.2, 0) is 13.0 Å². The monoisotopic (exact) mass is 358 g/mol. The molecule has 0 aliphatic carbocycles. The minimum Gasteiger partial charge on any atom is -0.494 e. The Balaban J connectivity index is 1.42. The van der Waals surface area contributed by atoms with E-state index in [-0.39, 0.29) is 0 Å². The molecule has 0 saturated carbocycles. The highest BCUT2D eigenvalue weighted by Gasteiger charge is 2.09. The molecule has 3 aromatic carbocycles. The summed E-state index contributed by atoms with van der Waals surface area (Å²) in [6, 6.07) is 23.1. The first-order valence-electron chi connectivity index (χ1n) is 9.91. The van der Waals surface area contributed by atoms with Crippen LogP contribution in [0.5, 0.6) is 5.75 Å². The lowest BCUT2D eigenvalue weighted by molar-refractivity contribution is 0.302. The van der Waals surface area contributed by atoms with Crippen molar-refractivity contribution in [3.63, 3.8) is 0 Å². The predicted molar refractivity (Wildman–Crippen MR) is 112 cm³/mol. The van der Waals surface area contributed by atoms with Crippen molar-refractivity contribution in [3.8, 4) is 5.75 Å². The lowest BCUT2D eigenvalue weighted by atomic mass is 10.1. The van der Waals surface area contributed by atoms with E-state index in [1.54, 1.807) is 0 Å². The molecule has 1 aromatic heterocycles. The summed E-state index contributed by atoms with van der Waals surface area (Å²) >= 11 is 0. The van der Waals surface area contributed by atoms with Gasteiger partial charge in [0.15, 0.2) is 0 Å². The molecule has 0 aliphatic heterocycles. The van der Waals surface area contributed by atoms with Crippen LogP contribution in [-0.4, -0.2) is 16.2 Å². The molecule has 4 rings (SSSR count). The van der Waals surface area contributed by atoms with Crippen molar-refractivity contribution >= 4 is 21.8 Å². The second kappa shape index (κ2) is 8.26. The second-order valence-corrected chi connectivity index (χ2v) is 6.98. The highest BCUT2D eigenvalue weighted by Crippen LogP contribution is 2.21. The van der Waals surface area contributed by atoms with Gasteiger partial charge in [0.1, 0.15) is 11.6 Å². The first kappa shape index (κ1) is 17.6. The average molecular weight is 358 g/mol. The van der Waals surface area contributed by atoms with Gasteiger partial charge in [0.2, 0.25) is 0 Å². The summed E-state index contributed by atoms with van der Waals surface area (Å²) in [6.07, 6.45) is 4.37. The molecule has 0 aliphatic rings. The molecular formula is C24H26N2O. The SMILES string of the molecule is CCCCc1nc2ccccc2n1CCCOc1ccc2ccccc2c1. The van der Waals surface area contributed by atoms with Crippen molar-refractivity contribution in [2.24, 2.45) is 0 Å². The molecule has 4 aromatic rings. The number of hydrogen-bond acceptors (Lipinski definition) is 2. The normalized spacial score (nSPS) is 11.3. The lowest BCUT2D eigenvalue weighted by Gasteiger charge is -2.11. The maximum absolute atomic E-state index is 6.01. The average Bonchev–Trinajstić information content (AvgIpc) is 3.07. The maximum Gasteiger partial charge on any atom is 0.119 e. The largest absolute Gasteiger partial charge is 0.494 e. The van der Waals surface area contributed by atoms with E-state index in [1.165, 1.54) is 35.0 Å². The Labute approximate surface area is 160 Å². The molecule has 3 heteroatoms. The van der Waals surface area contributed by atoms with Gasteiger partial charge in [-0.3, -0.25) is 0 Å². The molecule has 27 heavy (non-hydrogen) atoms. The summed E-state index contributed by atoms with van der Waals surface area (Å²) in [6.45, 7) is 3.87. The molecule has 0 bridgehead atoms. The van der Waals surface area contributed by atoms with Crippen LogP contribution in [0.15, 0.2) is 66.7 Å². The molecule has 0 radical (unpaired) electrons. The Morgan fingerprint density at radius 2 is 1.70 bits per heavy atom. The van der Waals surface area contributed by atoms with Gasteiger partial charge in [-0.15, -0.1) is 0 Å². The molecule has 0 amide bonds. The smallest absolute Gasteiger partial charge is 0.119 e. The standard InChI is InChI=1S/C24H26N2O/c1-2-3-13-24-25-22-11-6-7-12-23(22)26(24)16-8-17-27-21-15-14-19-9-4-5-10-20(19)18-21/h4-7,9-12,14-15,18H,2-3,8,13,16-17H2,1H3. The number of para-hydroxylation sites is 2. The van der Waals surface area contributed by atoms with Gasteiger partial charge >= 0.3 is 0 Å². The number of unbranched alkanes of at least 4 members (excludes halogenated alkanes) is 1. The molecule has 1 heterocycles. The molecule has 0 saturated heterocycles. The van der Waals surface area contributed by atoms with Gasteiger partial charge in [-0.1, -0.05) is 55.8 Å². The number of aryl methyl sites for hydroxylation is 2. The number of nitrogens with zero attached hydrogens (tertiary/aromatic N) is 2. The third kappa shape index (κ3) is 3.97. The van der Waals surface area contributed by atoms with Gasteiger partial charge in [-0.25, -0.2) is 4.98 Å². The summed E-state index contributed by atoms with van der Waals surface area (Å²) in [7, 11) is 0. The summed E-state index contributed by atoms with van der Waals surface area (Å²) in [5.74, 6) is 2.14. The number of imidazole rings is 1. The Kier molecular flexibility index (Phi) is 5.38. The van der Waals surface area contributed by atoms with Crippen molar-refractivity contribution in [1.82, 2.24) is 9.55 Å². The summed E-state index contributed by atoms with van der Waals surface area (Å²) in [4.78, 5) is 4.84. The Morgan fingerprint density at radius 3 is 2.59 bits per heavy atom. The number of hydrogen-bond donors (Lipinski definition) is 0. The third-order valence-electron chi connectivity index (χ3n) is 5.00. The van der Waals surface area contributed by atoms with Crippen LogP contribution >= 0.6 is 0 Å². The van der Waals surface area contributed by atoms with E-state index >= 15 is 0 Å². The van der Waals surface area contributed by atoms with E-state index in [9.17, 15) is 0 Å².